The van der Waals surface area contributed by atoms with E-state index in [1.165, 1.54) is 0 Å². The van der Waals surface area contributed by atoms with Gasteiger partial charge in [0.1, 0.15) is 24.4 Å². The highest BCUT2D eigenvalue weighted by molar-refractivity contribution is 7.46. The van der Waals surface area contributed by atoms with Crippen molar-refractivity contribution in [1.29, 1.82) is 0 Å². The number of hydrogen-bond donors (Lipinski definition) is 6. The lowest BCUT2D eigenvalue weighted by atomic mass is 9.94. The summed E-state index contributed by atoms with van der Waals surface area (Å²) < 4.78 is 19.8. The lowest BCUT2D eigenvalue weighted by molar-refractivity contribution is -0.333. The molecular formula is C7H15O9P. The molecule has 17 heavy (non-hydrogen) atoms. The number of phosphoric ester groups is 1. The molecule has 1 aliphatic rings. The Balaban J connectivity index is 2.95. The lowest BCUT2D eigenvalue weighted by Crippen LogP contribution is -2.64. The molecule has 0 radical (unpaired) electrons. The van der Waals surface area contributed by atoms with Gasteiger partial charge in [0.25, 0.3) is 0 Å². The molecule has 5 unspecified atom stereocenters. The van der Waals surface area contributed by atoms with Gasteiger partial charge in [-0.05, 0) is 6.92 Å². The van der Waals surface area contributed by atoms with Gasteiger partial charge in [-0.3, -0.25) is 4.52 Å². The molecule has 0 spiro atoms. The van der Waals surface area contributed by atoms with Crippen LogP contribution in [0, 0.1) is 0 Å². The van der Waals surface area contributed by atoms with Gasteiger partial charge >= 0.3 is 7.82 Å². The van der Waals surface area contributed by atoms with Crippen molar-refractivity contribution in [2.45, 2.75) is 37.1 Å². The standard InChI is InChI=1S/C7H15O9P/c1-7(16-17(12,13)14)6(11)5(10)4(9)3(2-8)15-7/h3-6,8-11H,2H2,1H3,(H2,12,13,14). The fourth-order valence-electron chi connectivity index (χ4n) is 1.61. The second-order valence-corrected chi connectivity index (χ2v) is 5.03. The van der Waals surface area contributed by atoms with Gasteiger partial charge in [-0.15, -0.1) is 0 Å². The maximum atomic E-state index is 10.7. The highest BCUT2D eigenvalue weighted by Gasteiger charge is 2.54. The fraction of sp³-hybridized carbons (Fsp3) is 1.00. The summed E-state index contributed by atoms with van der Waals surface area (Å²) in [5.41, 5.74) is 0. The summed E-state index contributed by atoms with van der Waals surface area (Å²) in [5.74, 6) is -2.23. The summed E-state index contributed by atoms with van der Waals surface area (Å²) in [5, 5.41) is 37.3. The van der Waals surface area contributed by atoms with Crippen LogP contribution in [0.1, 0.15) is 6.92 Å². The maximum absolute atomic E-state index is 10.7. The quantitative estimate of drug-likeness (QED) is 0.301. The molecule has 10 heteroatoms. The monoisotopic (exact) mass is 274 g/mol. The molecule has 1 rings (SSSR count). The average Bonchev–Trinajstić information content (AvgIpc) is 2.18. The molecule has 0 bridgehead atoms. The van der Waals surface area contributed by atoms with Crippen molar-refractivity contribution in [3.8, 4) is 0 Å². The van der Waals surface area contributed by atoms with Gasteiger partial charge in [-0.2, -0.15) is 0 Å². The Labute approximate surface area is 96.5 Å². The highest BCUT2D eigenvalue weighted by Crippen LogP contribution is 2.45. The van der Waals surface area contributed by atoms with Crippen LogP contribution in [0.15, 0.2) is 0 Å². The molecule has 102 valence electrons. The SMILES string of the molecule is CC1(OP(=O)(O)O)OC(CO)C(O)C(O)C1O. The van der Waals surface area contributed by atoms with Gasteiger partial charge in [0.05, 0.1) is 6.61 Å². The summed E-state index contributed by atoms with van der Waals surface area (Å²) in [6, 6.07) is 0. The van der Waals surface area contributed by atoms with Crippen LogP contribution in [0.4, 0.5) is 0 Å². The van der Waals surface area contributed by atoms with Crippen molar-refractivity contribution in [2.75, 3.05) is 6.61 Å². The van der Waals surface area contributed by atoms with Gasteiger partial charge in [-0.25, -0.2) is 4.57 Å². The van der Waals surface area contributed by atoms with E-state index in [1.54, 1.807) is 0 Å². The molecular weight excluding hydrogens is 259 g/mol. The summed E-state index contributed by atoms with van der Waals surface area (Å²) in [6.07, 6.45) is -6.57. The summed E-state index contributed by atoms with van der Waals surface area (Å²) in [6.45, 7) is 0.263. The van der Waals surface area contributed by atoms with Crippen molar-refractivity contribution >= 4 is 7.82 Å². The second kappa shape index (κ2) is 4.88. The van der Waals surface area contributed by atoms with E-state index >= 15 is 0 Å². The number of aliphatic hydroxyl groups is 4. The van der Waals surface area contributed by atoms with Crippen LogP contribution in [-0.2, 0) is 13.8 Å². The molecule has 0 aromatic heterocycles. The largest absolute Gasteiger partial charge is 0.472 e. The van der Waals surface area contributed by atoms with Gasteiger partial charge in [0.15, 0.2) is 0 Å². The predicted molar refractivity (Wildman–Crippen MR) is 51.5 cm³/mol. The van der Waals surface area contributed by atoms with Crippen molar-refractivity contribution in [2.24, 2.45) is 0 Å². The van der Waals surface area contributed by atoms with E-state index in [0.717, 1.165) is 6.92 Å². The fourth-order valence-corrected chi connectivity index (χ4v) is 2.24. The second-order valence-electron chi connectivity index (χ2n) is 3.86. The van der Waals surface area contributed by atoms with E-state index in [9.17, 15) is 19.9 Å². The predicted octanol–water partition coefficient (Wildman–Crippen LogP) is -2.71. The van der Waals surface area contributed by atoms with Gasteiger partial charge in [0, 0.05) is 0 Å². The minimum Gasteiger partial charge on any atom is -0.394 e. The third-order valence-electron chi connectivity index (χ3n) is 2.46. The van der Waals surface area contributed by atoms with Crippen LogP contribution in [-0.4, -0.2) is 67.0 Å². The van der Waals surface area contributed by atoms with Gasteiger partial charge < -0.3 is 34.9 Å². The number of phosphoric acid groups is 1. The summed E-state index contributed by atoms with van der Waals surface area (Å²) in [4.78, 5) is 17.3. The van der Waals surface area contributed by atoms with E-state index < -0.39 is 44.6 Å². The third-order valence-corrected chi connectivity index (χ3v) is 3.06. The van der Waals surface area contributed by atoms with E-state index in [1.807, 2.05) is 0 Å². The molecule has 0 aliphatic carbocycles. The van der Waals surface area contributed by atoms with Crippen LogP contribution in [0.5, 0.6) is 0 Å². The Bertz CT molecular complexity index is 314. The van der Waals surface area contributed by atoms with Crippen LogP contribution in [0.2, 0.25) is 0 Å². The van der Waals surface area contributed by atoms with Crippen LogP contribution < -0.4 is 0 Å². The van der Waals surface area contributed by atoms with E-state index in [0.29, 0.717) is 0 Å². The first kappa shape index (κ1) is 15.0. The number of ether oxygens (including phenoxy) is 1. The molecule has 1 fully saturated rings. The van der Waals surface area contributed by atoms with E-state index in [4.69, 9.17) is 19.6 Å². The van der Waals surface area contributed by atoms with Crippen molar-refractivity contribution in [3.05, 3.63) is 0 Å². The van der Waals surface area contributed by atoms with Crippen LogP contribution in [0.25, 0.3) is 0 Å². The zero-order chi connectivity index (χ0) is 13.4. The Hall–Kier alpha value is -0.0900. The highest BCUT2D eigenvalue weighted by atomic mass is 31.2. The normalized spacial score (nSPS) is 43.7. The molecule has 1 saturated heterocycles. The number of aliphatic hydroxyl groups excluding tert-OH is 4. The van der Waals surface area contributed by atoms with Crippen molar-refractivity contribution < 1.29 is 44.0 Å². The topological polar surface area (TPSA) is 157 Å². The zero-order valence-corrected chi connectivity index (χ0v) is 9.77. The van der Waals surface area contributed by atoms with Crippen LogP contribution in [0.3, 0.4) is 0 Å². The first-order valence-electron chi connectivity index (χ1n) is 4.70. The van der Waals surface area contributed by atoms with Gasteiger partial charge in [0.2, 0.25) is 5.79 Å². The Morgan fingerprint density at radius 3 is 2.24 bits per heavy atom. The zero-order valence-electron chi connectivity index (χ0n) is 8.87. The summed E-state index contributed by atoms with van der Waals surface area (Å²) >= 11 is 0. The van der Waals surface area contributed by atoms with E-state index in [-0.39, 0.29) is 0 Å². The molecule has 0 aromatic rings. The molecule has 1 aliphatic heterocycles. The number of rotatable bonds is 3. The molecule has 0 amide bonds. The molecule has 1 heterocycles. The van der Waals surface area contributed by atoms with Crippen LogP contribution >= 0.6 is 7.82 Å². The number of hydrogen-bond acceptors (Lipinski definition) is 7. The Morgan fingerprint density at radius 1 is 1.29 bits per heavy atom. The van der Waals surface area contributed by atoms with Gasteiger partial charge in [-0.1, -0.05) is 0 Å². The molecule has 5 atom stereocenters. The molecule has 0 saturated carbocycles. The van der Waals surface area contributed by atoms with E-state index in [2.05, 4.69) is 4.52 Å². The minimum atomic E-state index is -4.98. The molecule has 0 aromatic carbocycles. The lowest BCUT2D eigenvalue weighted by Gasteiger charge is -2.45. The van der Waals surface area contributed by atoms with Crippen molar-refractivity contribution in [3.63, 3.8) is 0 Å². The third kappa shape index (κ3) is 3.22. The Kier molecular flexibility index (Phi) is 4.30. The maximum Gasteiger partial charge on any atom is 0.472 e. The molecule has 6 N–H and O–H groups in total. The first-order chi connectivity index (χ1) is 7.60. The minimum absolute atomic E-state index is 0.717. The van der Waals surface area contributed by atoms with Crippen molar-refractivity contribution in [1.82, 2.24) is 0 Å². The average molecular weight is 274 g/mol. The summed E-state index contributed by atoms with van der Waals surface area (Å²) in [7, 11) is -4.98. The molecule has 9 nitrogen and oxygen atoms in total. The smallest absolute Gasteiger partial charge is 0.394 e. The Morgan fingerprint density at radius 2 is 1.82 bits per heavy atom. The first-order valence-corrected chi connectivity index (χ1v) is 6.23.